The van der Waals surface area contributed by atoms with Crippen LogP contribution in [0.15, 0.2) is 30.6 Å². The molecule has 0 radical (unpaired) electrons. The molecule has 100 valence electrons. The zero-order valence-corrected chi connectivity index (χ0v) is 11.6. The molecule has 1 aliphatic heterocycles. The van der Waals surface area contributed by atoms with Crippen molar-refractivity contribution in [2.24, 2.45) is 0 Å². The average Bonchev–Trinajstić information content (AvgIpc) is 2.47. The Labute approximate surface area is 114 Å². The summed E-state index contributed by atoms with van der Waals surface area (Å²) in [7, 11) is 4.33. The summed E-state index contributed by atoms with van der Waals surface area (Å²) in [6, 6.07) is 8.94. The molecule has 2 aromatic rings. The predicted molar refractivity (Wildman–Crippen MR) is 78.5 cm³/mol. The molecule has 1 aromatic heterocycles. The van der Waals surface area contributed by atoms with Crippen molar-refractivity contribution in [1.29, 1.82) is 0 Å². The summed E-state index contributed by atoms with van der Waals surface area (Å²) < 4.78 is 0. The number of benzene rings is 1. The molecule has 0 bridgehead atoms. The highest BCUT2D eigenvalue weighted by atomic mass is 15.2. The molecule has 2 heterocycles. The maximum atomic E-state index is 4.50. The van der Waals surface area contributed by atoms with Crippen molar-refractivity contribution in [2.45, 2.75) is 18.9 Å². The lowest BCUT2D eigenvalue weighted by atomic mass is 10.0. The van der Waals surface area contributed by atoms with Crippen LogP contribution < -0.4 is 4.90 Å². The molecule has 0 amide bonds. The third-order valence-corrected chi connectivity index (χ3v) is 4.02. The molecule has 0 spiro atoms. The molecule has 1 fully saturated rings. The van der Waals surface area contributed by atoms with Gasteiger partial charge in [0.2, 0.25) is 0 Å². The van der Waals surface area contributed by atoms with Crippen LogP contribution in [0.5, 0.6) is 0 Å². The van der Waals surface area contributed by atoms with Crippen LogP contribution in [-0.2, 0) is 0 Å². The molecule has 4 heteroatoms. The molecular formula is C15H20N4. The standard InChI is InChI=1S/C15H20N4/c1-18(2)12-7-9-19(10-8-12)15-13-5-3-4-6-14(13)16-11-17-15/h3-6,11-12H,7-10H2,1-2H3. The molecule has 0 saturated carbocycles. The van der Waals surface area contributed by atoms with E-state index in [4.69, 9.17) is 0 Å². The van der Waals surface area contributed by atoms with E-state index in [0.29, 0.717) is 6.04 Å². The maximum absolute atomic E-state index is 4.50. The minimum atomic E-state index is 0.698. The van der Waals surface area contributed by atoms with Gasteiger partial charge < -0.3 is 9.80 Å². The van der Waals surface area contributed by atoms with Gasteiger partial charge in [0.15, 0.2) is 0 Å². The lowest BCUT2D eigenvalue weighted by Crippen LogP contribution is -2.42. The first-order valence-electron chi connectivity index (χ1n) is 6.87. The van der Waals surface area contributed by atoms with Gasteiger partial charge in [-0.05, 0) is 39.1 Å². The SMILES string of the molecule is CN(C)C1CCN(c2ncnc3ccccc23)CC1. The van der Waals surface area contributed by atoms with Crippen molar-refractivity contribution in [2.75, 3.05) is 32.1 Å². The van der Waals surface area contributed by atoms with Crippen LogP contribution in [0.25, 0.3) is 10.9 Å². The Morgan fingerprint density at radius 2 is 1.84 bits per heavy atom. The minimum absolute atomic E-state index is 0.698. The third-order valence-electron chi connectivity index (χ3n) is 4.02. The second kappa shape index (κ2) is 5.13. The Bertz CT molecular complexity index is 554. The number of hydrogen-bond acceptors (Lipinski definition) is 4. The van der Waals surface area contributed by atoms with Crippen molar-refractivity contribution in [3.8, 4) is 0 Å². The molecule has 0 unspecified atom stereocenters. The van der Waals surface area contributed by atoms with Crippen molar-refractivity contribution in [3.05, 3.63) is 30.6 Å². The van der Waals surface area contributed by atoms with Gasteiger partial charge in [0, 0.05) is 24.5 Å². The summed E-state index contributed by atoms with van der Waals surface area (Å²) >= 11 is 0. The molecular weight excluding hydrogens is 236 g/mol. The Kier molecular flexibility index (Phi) is 3.34. The molecule has 3 rings (SSSR count). The first kappa shape index (κ1) is 12.4. The molecule has 1 aromatic carbocycles. The Balaban J connectivity index is 1.86. The van der Waals surface area contributed by atoms with Gasteiger partial charge in [-0.3, -0.25) is 0 Å². The normalized spacial score (nSPS) is 17.3. The molecule has 4 nitrogen and oxygen atoms in total. The van der Waals surface area contributed by atoms with Crippen LogP contribution in [-0.4, -0.2) is 48.1 Å². The average molecular weight is 256 g/mol. The minimum Gasteiger partial charge on any atom is -0.356 e. The van der Waals surface area contributed by atoms with Gasteiger partial charge in [0.1, 0.15) is 12.1 Å². The largest absolute Gasteiger partial charge is 0.356 e. The van der Waals surface area contributed by atoms with Gasteiger partial charge in [-0.2, -0.15) is 0 Å². The lowest BCUT2D eigenvalue weighted by molar-refractivity contribution is 0.249. The topological polar surface area (TPSA) is 32.3 Å². The summed E-state index contributed by atoms with van der Waals surface area (Å²) in [6.45, 7) is 2.15. The number of aromatic nitrogens is 2. The van der Waals surface area contributed by atoms with E-state index in [-0.39, 0.29) is 0 Å². The Morgan fingerprint density at radius 1 is 1.11 bits per heavy atom. The second-order valence-corrected chi connectivity index (χ2v) is 5.40. The number of anilines is 1. The molecule has 1 aliphatic rings. The van der Waals surface area contributed by atoms with Crippen LogP contribution in [0.3, 0.4) is 0 Å². The first-order valence-corrected chi connectivity index (χ1v) is 6.87. The summed E-state index contributed by atoms with van der Waals surface area (Å²) in [5, 5.41) is 1.16. The fraction of sp³-hybridized carbons (Fsp3) is 0.467. The fourth-order valence-corrected chi connectivity index (χ4v) is 2.84. The van der Waals surface area contributed by atoms with Crippen molar-refractivity contribution >= 4 is 16.7 Å². The van der Waals surface area contributed by atoms with Gasteiger partial charge in [0.25, 0.3) is 0 Å². The summed E-state index contributed by atoms with van der Waals surface area (Å²) in [6.07, 6.45) is 4.08. The van der Waals surface area contributed by atoms with E-state index in [2.05, 4.69) is 46.0 Å². The van der Waals surface area contributed by atoms with Gasteiger partial charge >= 0.3 is 0 Å². The molecule has 1 saturated heterocycles. The number of fused-ring (bicyclic) bond motifs is 1. The van der Waals surface area contributed by atoms with Crippen LogP contribution >= 0.6 is 0 Å². The number of hydrogen-bond donors (Lipinski definition) is 0. The summed E-state index contributed by atoms with van der Waals surface area (Å²) in [5.41, 5.74) is 1.03. The summed E-state index contributed by atoms with van der Waals surface area (Å²) in [4.78, 5) is 13.6. The van der Waals surface area contributed by atoms with Gasteiger partial charge in [0.05, 0.1) is 5.52 Å². The molecule has 19 heavy (non-hydrogen) atoms. The van der Waals surface area contributed by atoms with E-state index in [0.717, 1.165) is 29.8 Å². The molecule has 0 aliphatic carbocycles. The van der Waals surface area contributed by atoms with Gasteiger partial charge in [-0.25, -0.2) is 9.97 Å². The Hall–Kier alpha value is -1.68. The monoisotopic (exact) mass is 256 g/mol. The van der Waals surface area contributed by atoms with E-state index in [1.165, 1.54) is 12.8 Å². The number of rotatable bonds is 2. The smallest absolute Gasteiger partial charge is 0.139 e. The number of para-hydroxylation sites is 1. The number of nitrogens with zero attached hydrogens (tertiary/aromatic N) is 4. The van der Waals surface area contributed by atoms with E-state index in [9.17, 15) is 0 Å². The van der Waals surface area contributed by atoms with Gasteiger partial charge in [-0.1, -0.05) is 12.1 Å². The molecule has 0 atom stereocenters. The van der Waals surface area contributed by atoms with E-state index in [1.807, 2.05) is 12.1 Å². The van der Waals surface area contributed by atoms with Crippen molar-refractivity contribution < 1.29 is 0 Å². The zero-order valence-electron chi connectivity index (χ0n) is 11.6. The lowest BCUT2D eigenvalue weighted by Gasteiger charge is -2.36. The van der Waals surface area contributed by atoms with E-state index >= 15 is 0 Å². The second-order valence-electron chi connectivity index (χ2n) is 5.40. The zero-order chi connectivity index (χ0) is 13.2. The predicted octanol–water partition coefficient (Wildman–Crippen LogP) is 2.16. The van der Waals surface area contributed by atoms with Crippen LogP contribution in [0.1, 0.15) is 12.8 Å². The van der Waals surface area contributed by atoms with Crippen molar-refractivity contribution in [3.63, 3.8) is 0 Å². The van der Waals surface area contributed by atoms with Crippen molar-refractivity contribution in [1.82, 2.24) is 14.9 Å². The van der Waals surface area contributed by atoms with E-state index in [1.54, 1.807) is 6.33 Å². The van der Waals surface area contributed by atoms with Crippen LogP contribution in [0.2, 0.25) is 0 Å². The maximum Gasteiger partial charge on any atom is 0.139 e. The van der Waals surface area contributed by atoms with Gasteiger partial charge in [-0.15, -0.1) is 0 Å². The highest BCUT2D eigenvalue weighted by molar-refractivity contribution is 5.89. The summed E-state index contributed by atoms with van der Waals surface area (Å²) in [5.74, 6) is 1.09. The van der Waals surface area contributed by atoms with Crippen LogP contribution in [0, 0.1) is 0 Å². The highest BCUT2D eigenvalue weighted by Gasteiger charge is 2.22. The highest BCUT2D eigenvalue weighted by Crippen LogP contribution is 2.26. The Morgan fingerprint density at radius 3 is 2.58 bits per heavy atom. The van der Waals surface area contributed by atoms with Crippen LogP contribution in [0.4, 0.5) is 5.82 Å². The quantitative estimate of drug-likeness (QED) is 0.824. The molecule has 0 N–H and O–H groups in total. The number of piperidine rings is 1. The third kappa shape index (κ3) is 2.40. The first-order chi connectivity index (χ1) is 9.25. The van der Waals surface area contributed by atoms with E-state index < -0.39 is 0 Å². The fourth-order valence-electron chi connectivity index (χ4n) is 2.84.